The van der Waals surface area contributed by atoms with E-state index in [0.29, 0.717) is 6.54 Å². The van der Waals surface area contributed by atoms with Gasteiger partial charge in [0.05, 0.1) is 6.42 Å². The predicted octanol–water partition coefficient (Wildman–Crippen LogP) is 2.78. The minimum Gasteiger partial charge on any atom is -0.332 e. The number of likely N-dealkylation sites (tertiary alicyclic amines) is 1. The number of carbonyl (C=O) groups is 1. The summed E-state index contributed by atoms with van der Waals surface area (Å²) in [4.78, 5) is 24.7. The van der Waals surface area contributed by atoms with Gasteiger partial charge in [0, 0.05) is 11.5 Å². The van der Waals surface area contributed by atoms with Crippen LogP contribution < -0.4 is 0 Å². The minimum atomic E-state index is -0.733. The van der Waals surface area contributed by atoms with Gasteiger partial charge in [-0.15, -0.1) is 0 Å². The molecule has 0 unspecified atom stereocenters. The Morgan fingerprint density at radius 2 is 2.20 bits per heavy atom. The molecule has 0 N–H and O–H groups in total. The Morgan fingerprint density at radius 1 is 1.45 bits per heavy atom. The summed E-state index contributed by atoms with van der Waals surface area (Å²) in [5, 5.41) is 11.1. The molecule has 0 saturated carbocycles. The summed E-state index contributed by atoms with van der Waals surface area (Å²) in [6.45, 7) is 4.57. The van der Waals surface area contributed by atoms with Crippen molar-refractivity contribution in [1.82, 2.24) is 4.90 Å². The van der Waals surface area contributed by atoms with Gasteiger partial charge in [-0.05, 0) is 38.0 Å². The fourth-order valence-corrected chi connectivity index (χ4v) is 3.46. The lowest BCUT2D eigenvalue weighted by Crippen LogP contribution is -2.44. The third-order valence-electron chi connectivity index (χ3n) is 4.47. The Kier molecular flexibility index (Phi) is 4.78. The van der Waals surface area contributed by atoms with E-state index in [9.17, 15) is 14.9 Å². The molecule has 0 bridgehead atoms. The zero-order valence-corrected chi connectivity index (χ0v) is 12.4. The number of carbonyl (C=O) groups excluding carboxylic acids is 1. The molecule has 2 rings (SSSR count). The summed E-state index contributed by atoms with van der Waals surface area (Å²) >= 11 is 0. The highest BCUT2D eigenvalue weighted by Gasteiger charge is 2.48. The minimum absolute atomic E-state index is 0.0539. The topological polar surface area (TPSA) is 63.5 Å². The third-order valence-corrected chi connectivity index (χ3v) is 4.47. The zero-order valence-electron chi connectivity index (χ0n) is 12.4. The number of amides is 1. The number of rotatable bonds is 5. The molecule has 0 aromatic rings. The molecule has 2 aliphatic rings. The summed E-state index contributed by atoms with van der Waals surface area (Å²) in [7, 11) is 0. The molecule has 2 atom stereocenters. The van der Waals surface area contributed by atoms with Gasteiger partial charge in [0.25, 0.3) is 0 Å². The molecule has 1 fully saturated rings. The van der Waals surface area contributed by atoms with E-state index in [1.165, 1.54) is 18.4 Å². The van der Waals surface area contributed by atoms with Crippen LogP contribution in [0.3, 0.4) is 0 Å². The van der Waals surface area contributed by atoms with Crippen LogP contribution in [0.5, 0.6) is 0 Å². The van der Waals surface area contributed by atoms with Gasteiger partial charge >= 0.3 is 0 Å². The molecule has 5 heteroatoms. The maximum Gasteiger partial charge on any atom is 0.242 e. The van der Waals surface area contributed by atoms with Gasteiger partial charge in [-0.1, -0.05) is 25.5 Å². The van der Waals surface area contributed by atoms with E-state index in [2.05, 4.69) is 6.08 Å². The Balaban J connectivity index is 2.02. The fraction of sp³-hybridized carbons (Fsp3) is 0.800. The average Bonchev–Trinajstić information content (AvgIpc) is 2.75. The molecule has 1 aliphatic heterocycles. The van der Waals surface area contributed by atoms with Crippen LogP contribution in [0.15, 0.2) is 11.6 Å². The maximum atomic E-state index is 12.1. The molecule has 0 spiro atoms. The molecular weight excluding hydrogens is 256 g/mol. The van der Waals surface area contributed by atoms with Crippen LogP contribution in [0.2, 0.25) is 0 Å². The van der Waals surface area contributed by atoms with E-state index in [1.807, 2.05) is 13.8 Å². The zero-order chi connectivity index (χ0) is 14.7. The van der Waals surface area contributed by atoms with Crippen molar-refractivity contribution in [1.29, 1.82) is 0 Å². The fourth-order valence-electron chi connectivity index (χ4n) is 3.46. The standard InChI is InChI=1S/C15H24N2O3/c1-11(2)15-13(17(19)20)10-14(18)16(15)9-8-12-6-4-3-5-7-12/h6,11,13,15H,3-5,7-10H2,1-2H3/t13-,15+/m1/s1. The Labute approximate surface area is 120 Å². The van der Waals surface area contributed by atoms with Crippen LogP contribution >= 0.6 is 0 Å². The highest BCUT2D eigenvalue weighted by atomic mass is 16.6. The van der Waals surface area contributed by atoms with Crippen molar-refractivity contribution in [2.45, 2.75) is 64.5 Å². The van der Waals surface area contributed by atoms with E-state index in [1.54, 1.807) is 4.90 Å². The molecule has 1 aliphatic carbocycles. The van der Waals surface area contributed by atoms with E-state index >= 15 is 0 Å². The van der Waals surface area contributed by atoms with Gasteiger partial charge in [0.1, 0.15) is 6.04 Å². The van der Waals surface area contributed by atoms with Gasteiger partial charge in [0.15, 0.2) is 0 Å². The number of nitrogens with zero attached hydrogens (tertiary/aromatic N) is 2. The van der Waals surface area contributed by atoms with Crippen LogP contribution in [0.25, 0.3) is 0 Å². The van der Waals surface area contributed by atoms with Crippen LogP contribution in [0, 0.1) is 16.0 Å². The Morgan fingerprint density at radius 3 is 2.75 bits per heavy atom. The smallest absolute Gasteiger partial charge is 0.242 e. The number of hydrogen-bond acceptors (Lipinski definition) is 3. The molecule has 1 heterocycles. The number of allylic oxidation sites excluding steroid dienone is 1. The van der Waals surface area contributed by atoms with E-state index < -0.39 is 6.04 Å². The highest BCUT2D eigenvalue weighted by molar-refractivity contribution is 5.79. The number of hydrogen-bond donors (Lipinski definition) is 0. The highest BCUT2D eigenvalue weighted by Crippen LogP contribution is 2.29. The normalized spacial score (nSPS) is 27.1. The molecule has 1 amide bonds. The molecular formula is C15H24N2O3. The quantitative estimate of drug-likeness (QED) is 0.442. The number of nitro groups is 1. The first-order chi connectivity index (χ1) is 9.50. The van der Waals surface area contributed by atoms with Gasteiger partial charge in [-0.2, -0.15) is 0 Å². The summed E-state index contributed by atoms with van der Waals surface area (Å²) in [6.07, 6.45) is 7.95. The van der Waals surface area contributed by atoms with Gasteiger partial charge < -0.3 is 4.90 Å². The van der Waals surface area contributed by atoms with Crippen LogP contribution in [0.1, 0.15) is 52.4 Å². The predicted molar refractivity (Wildman–Crippen MR) is 76.9 cm³/mol. The molecule has 112 valence electrons. The second kappa shape index (κ2) is 6.37. The molecule has 20 heavy (non-hydrogen) atoms. The summed E-state index contributed by atoms with van der Waals surface area (Å²) in [5.74, 6) is 0.0685. The summed E-state index contributed by atoms with van der Waals surface area (Å²) in [6, 6.07) is -0.982. The Hall–Kier alpha value is -1.39. The summed E-state index contributed by atoms with van der Waals surface area (Å²) in [5.41, 5.74) is 1.41. The Bertz CT molecular complexity index is 417. The molecule has 0 aromatic carbocycles. The first-order valence-corrected chi connectivity index (χ1v) is 7.61. The third kappa shape index (κ3) is 3.19. The van der Waals surface area contributed by atoms with Crippen molar-refractivity contribution in [2.75, 3.05) is 6.54 Å². The van der Waals surface area contributed by atoms with Crippen molar-refractivity contribution in [2.24, 2.45) is 5.92 Å². The average molecular weight is 280 g/mol. The largest absolute Gasteiger partial charge is 0.332 e. The SMILES string of the molecule is CC(C)[C@H]1[C@H]([N+](=O)[O-])CC(=O)N1CCC1=CCCCC1. The van der Waals surface area contributed by atoms with Crippen molar-refractivity contribution < 1.29 is 9.72 Å². The van der Waals surface area contributed by atoms with Crippen molar-refractivity contribution in [3.63, 3.8) is 0 Å². The summed E-state index contributed by atoms with van der Waals surface area (Å²) < 4.78 is 0. The lowest BCUT2D eigenvalue weighted by atomic mass is 9.95. The first kappa shape index (κ1) is 15.0. The van der Waals surface area contributed by atoms with E-state index in [4.69, 9.17) is 0 Å². The van der Waals surface area contributed by atoms with Crippen molar-refractivity contribution >= 4 is 5.91 Å². The van der Waals surface area contributed by atoms with Crippen molar-refractivity contribution in [3.05, 3.63) is 21.8 Å². The van der Waals surface area contributed by atoms with Crippen LogP contribution in [-0.4, -0.2) is 34.4 Å². The van der Waals surface area contributed by atoms with E-state index in [-0.39, 0.29) is 29.2 Å². The molecule has 0 radical (unpaired) electrons. The van der Waals surface area contributed by atoms with Crippen LogP contribution in [0.4, 0.5) is 0 Å². The van der Waals surface area contributed by atoms with Gasteiger partial charge in [-0.25, -0.2) is 0 Å². The first-order valence-electron chi connectivity index (χ1n) is 7.61. The second-order valence-electron chi connectivity index (χ2n) is 6.24. The van der Waals surface area contributed by atoms with Gasteiger partial charge in [-0.3, -0.25) is 14.9 Å². The monoisotopic (exact) mass is 280 g/mol. The lowest BCUT2D eigenvalue weighted by Gasteiger charge is -2.28. The van der Waals surface area contributed by atoms with E-state index in [0.717, 1.165) is 19.3 Å². The van der Waals surface area contributed by atoms with Crippen LogP contribution in [-0.2, 0) is 4.79 Å². The molecule has 0 aromatic heterocycles. The van der Waals surface area contributed by atoms with Gasteiger partial charge in [0.2, 0.25) is 11.9 Å². The molecule has 1 saturated heterocycles. The second-order valence-corrected chi connectivity index (χ2v) is 6.24. The maximum absolute atomic E-state index is 12.1. The van der Waals surface area contributed by atoms with Crippen molar-refractivity contribution in [3.8, 4) is 0 Å². The lowest BCUT2D eigenvalue weighted by molar-refractivity contribution is -0.525. The molecule has 5 nitrogen and oxygen atoms in total.